The van der Waals surface area contributed by atoms with Gasteiger partial charge < -0.3 is 14.8 Å². The average molecular weight is 165 g/mol. The molecular formula is C7H12NNaO2. The van der Waals surface area contributed by atoms with E-state index in [1.807, 2.05) is 11.9 Å². The van der Waals surface area contributed by atoms with Crippen LogP contribution in [0.4, 0.5) is 0 Å². The largest absolute Gasteiger partial charge is 1.00 e. The molecule has 0 aromatic heterocycles. The minimum absolute atomic E-state index is 0. The van der Waals surface area contributed by atoms with E-state index in [1.165, 1.54) is 0 Å². The van der Waals surface area contributed by atoms with Crippen molar-refractivity contribution in [2.24, 2.45) is 5.92 Å². The summed E-state index contributed by atoms with van der Waals surface area (Å²) in [5.41, 5.74) is 0. The molecule has 0 N–H and O–H groups in total. The monoisotopic (exact) mass is 165 g/mol. The average Bonchev–Trinajstić information content (AvgIpc) is 1.88. The van der Waals surface area contributed by atoms with E-state index in [4.69, 9.17) is 0 Å². The molecule has 1 heterocycles. The summed E-state index contributed by atoms with van der Waals surface area (Å²) >= 11 is 0. The Kier molecular flexibility index (Phi) is 5.34. The minimum Gasteiger partial charge on any atom is -0.550 e. The van der Waals surface area contributed by atoms with E-state index < -0.39 is 5.97 Å². The Hall–Kier alpha value is 0.430. The molecule has 1 atom stereocenters. The molecule has 1 aliphatic heterocycles. The van der Waals surface area contributed by atoms with Gasteiger partial charge in [0.1, 0.15) is 0 Å². The first kappa shape index (κ1) is 11.4. The van der Waals surface area contributed by atoms with E-state index in [-0.39, 0.29) is 35.5 Å². The first-order valence-corrected chi connectivity index (χ1v) is 3.59. The number of carbonyl (C=O) groups excluding carboxylic acids is 1. The van der Waals surface area contributed by atoms with Gasteiger partial charge in [-0.2, -0.15) is 0 Å². The Labute approximate surface area is 89.1 Å². The molecule has 58 valence electrons. The summed E-state index contributed by atoms with van der Waals surface area (Å²) in [6, 6.07) is 0. The third-order valence-electron chi connectivity index (χ3n) is 1.96. The fraction of sp³-hybridized carbons (Fsp3) is 0.857. The quantitative estimate of drug-likeness (QED) is 0.373. The zero-order valence-corrected chi connectivity index (χ0v) is 9.17. The molecule has 1 saturated heterocycles. The second-order valence-corrected chi connectivity index (χ2v) is 2.92. The standard InChI is InChI=1S/C7H13NO2.Na/c1-8-4-2-3-6(5-8)7(9)10;/h6H,2-5H2,1H3,(H,9,10);/q;+1/p-1/t6-;/m0./s1. The van der Waals surface area contributed by atoms with Crippen LogP contribution in [-0.4, -0.2) is 31.0 Å². The van der Waals surface area contributed by atoms with Crippen molar-refractivity contribution in [3.8, 4) is 0 Å². The van der Waals surface area contributed by atoms with Gasteiger partial charge in [-0.15, -0.1) is 0 Å². The Bertz CT molecular complexity index is 140. The number of aliphatic carboxylic acids is 1. The van der Waals surface area contributed by atoms with Crippen molar-refractivity contribution < 1.29 is 39.5 Å². The van der Waals surface area contributed by atoms with Crippen LogP contribution in [0.25, 0.3) is 0 Å². The Morgan fingerprint density at radius 1 is 1.64 bits per heavy atom. The zero-order chi connectivity index (χ0) is 7.56. The Morgan fingerprint density at radius 3 is 2.64 bits per heavy atom. The van der Waals surface area contributed by atoms with Crippen LogP contribution in [0.1, 0.15) is 12.8 Å². The molecule has 4 heteroatoms. The summed E-state index contributed by atoms with van der Waals surface area (Å²) in [6.07, 6.45) is 1.77. The van der Waals surface area contributed by atoms with Crippen LogP contribution in [0.5, 0.6) is 0 Å². The predicted molar refractivity (Wildman–Crippen MR) is 35.2 cm³/mol. The van der Waals surface area contributed by atoms with E-state index in [0.717, 1.165) is 19.4 Å². The fourth-order valence-electron chi connectivity index (χ4n) is 1.36. The molecule has 0 bridgehead atoms. The van der Waals surface area contributed by atoms with Gasteiger partial charge in [0.25, 0.3) is 0 Å². The van der Waals surface area contributed by atoms with E-state index in [2.05, 4.69) is 0 Å². The van der Waals surface area contributed by atoms with Crippen LogP contribution in [0.3, 0.4) is 0 Å². The van der Waals surface area contributed by atoms with Crippen LogP contribution in [-0.2, 0) is 4.79 Å². The summed E-state index contributed by atoms with van der Waals surface area (Å²) in [7, 11) is 1.94. The maximum absolute atomic E-state index is 10.4. The molecule has 1 rings (SSSR count). The zero-order valence-electron chi connectivity index (χ0n) is 7.17. The number of nitrogens with zero attached hydrogens (tertiary/aromatic N) is 1. The predicted octanol–water partition coefficient (Wildman–Crippen LogP) is -3.92. The van der Waals surface area contributed by atoms with Gasteiger partial charge in [0.2, 0.25) is 0 Å². The molecule has 0 aliphatic carbocycles. The van der Waals surface area contributed by atoms with Gasteiger partial charge in [-0.1, -0.05) is 0 Å². The fourth-order valence-corrected chi connectivity index (χ4v) is 1.36. The van der Waals surface area contributed by atoms with Gasteiger partial charge in [-0.25, -0.2) is 0 Å². The smallest absolute Gasteiger partial charge is 0.550 e. The van der Waals surface area contributed by atoms with E-state index >= 15 is 0 Å². The first-order valence-electron chi connectivity index (χ1n) is 3.59. The van der Waals surface area contributed by atoms with Crippen LogP contribution >= 0.6 is 0 Å². The number of piperidine rings is 1. The van der Waals surface area contributed by atoms with Crippen molar-refractivity contribution in [1.29, 1.82) is 0 Å². The van der Waals surface area contributed by atoms with Crippen molar-refractivity contribution >= 4 is 5.97 Å². The van der Waals surface area contributed by atoms with Crippen molar-refractivity contribution in [3.05, 3.63) is 0 Å². The molecule has 0 spiro atoms. The molecule has 0 radical (unpaired) electrons. The molecule has 0 unspecified atom stereocenters. The van der Waals surface area contributed by atoms with Gasteiger partial charge in [-0.3, -0.25) is 0 Å². The molecule has 11 heavy (non-hydrogen) atoms. The minimum atomic E-state index is -0.897. The topological polar surface area (TPSA) is 43.4 Å². The maximum atomic E-state index is 10.4. The summed E-state index contributed by atoms with van der Waals surface area (Å²) in [5, 5.41) is 10.4. The molecule has 0 aromatic carbocycles. The van der Waals surface area contributed by atoms with Gasteiger partial charge in [0.05, 0.1) is 0 Å². The second kappa shape index (κ2) is 5.14. The van der Waals surface area contributed by atoms with Gasteiger partial charge in [0, 0.05) is 18.4 Å². The number of hydrogen-bond acceptors (Lipinski definition) is 3. The Morgan fingerprint density at radius 2 is 2.27 bits per heavy atom. The number of carboxylic acids is 1. The van der Waals surface area contributed by atoms with E-state index in [0.29, 0.717) is 6.54 Å². The van der Waals surface area contributed by atoms with Crippen molar-refractivity contribution in [1.82, 2.24) is 4.90 Å². The van der Waals surface area contributed by atoms with Crippen molar-refractivity contribution in [2.45, 2.75) is 12.8 Å². The number of hydrogen-bond donors (Lipinski definition) is 0. The normalized spacial score (nSPS) is 25.7. The third-order valence-corrected chi connectivity index (χ3v) is 1.96. The second-order valence-electron chi connectivity index (χ2n) is 2.92. The van der Waals surface area contributed by atoms with Crippen molar-refractivity contribution in [2.75, 3.05) is 20.1 Å². The van der Waals surface area contributed by atoms with Crippen LogP contribution in [0.15, 0.2) is 0 Å². The number of likely N-dealkylation sites (tertiary alicyclic amines) is 1. The molecule has 3 nitrogen and oxygen atoms in total. The number of carbonyl (C=O) groups is 1. The molecule has 0 aromatic rings. The number of carboxylic acid groups (broad SMARTS) is 1. The molecule has 0 saturated carbocycles. The van der Waals surface area contributed by atoms with E-state index in [9.17, 15) is 9.90 Å². The van der Waals surface area contributed by atoms with E-state index in [1.54, 1.807) is 0 Å². The SMILES string of the molecule is CN1CCC[C@H](C(=O)[O-])C1.[Na+]. The van der Waals surface area contributed by atoms with Crippen LogP contribution in [0, 0.1) is 5.92 Å². The van der Waals surface area contributed by atoms with Crippen LogP contribution in [0.2, 0.25) is 0 Å². The van der Waals surface area contributed by atoms with Crippen LogP contribution < -0.4 is 34.7 Å². The summed E-state index contributed by atoms with van der Waals surface area (Å²) in [6.45, 7) is 1.67. The van der Waals surface area contributed by atoms with Gasteiger partial charge in [-0.05, 0) is 26.4 Å². The summed E-state index contributed by atoms with van der Waals surface area (Å²) < 4.78 is 0. The summed E-state index contributed by atoms with van der Waals surface area (Å²) in [5.74, 6) is -1.13. The van der Waals surface area contributed by atoms with Crippen molar-refractivity contribution in [3.63, 3.8) is 0 Å². The Balaban J connectivity index is 0.000001000. The molecular weight excluding hydrogens is 153 g/mol. The summed E-state index contributed by atoms with van der Waals surface area (Å²) in [4.78, 5) is 12.4. The molecule has 0 amide bonds. The molecule has 1 fully saturated rings. The molecule has 1 aliphatic rings. The number of rotatable bonds is 1. The first-order chi connectivity index (χ1) is 4.70. The van der Waals surface area contributed by atoms with Gasteiger partial charge >= 0.3 is 29.6 Å². The van der Waals surface area contributed by atoms with Gasteiger partial charge in [0.15, 0.2) is 0 Å². The maximum Gasteiger partial charge on any atom is 1.00 e. The third kappa shape index (κ3) is 3.56.